The van der Waals surface area contributed by atoms with Gasteiger partial charge < -0.3 is 23.7 Å². The van der Waals surface area contributed by atoms with Crippen LogP contribution in [0.3, 0.4) is 0 Å². The van der Waals surface area contributed by atoms with Crippen molar-refractivity contribution in [3.63, 3.8) is 0 Å². The summed E-state index contributed by atoms with van der Waals surface area (Å²) in [4.78, 5) is 29.9. The first-order valence-electron chi connectivity index (χ1n) is 10.5. The molecule has 2 aromatic carbocycles. The van der Waals surface area contributed by atoms with Crippen molar-refractivity contribution in [3.05, 3.63) is 47.7 Å². The second-order valence-corrected chi connectivity index (χ2v) is 7.17. The molecule has 8 heteroatoms. The van der Waals surface area contributed by atoms with E-state index in [4.69, 9.17) is 23.7 Å². The highest BCUT2D eigenvalue weighted by Gasteiger charge is 2.27. The molecule has 3 rings (SSSR count). The van der Waals surface area contributed by atoms with E-state index in [1.165, 1.54) is 28.4 Å². The first-order valence-corrected chi connectivity index (χ1v) is 10.5. The van der Waals surface area contributed by atoms with Gasteiger partial charge in [0.25, 0.3) is 0 Å². The number of aromatic nitrogens is 1. The van der Waals surface area contributed by atoms with Crippen molar-refractivity contribution in [2.45, 2.75) is 19.8 Å². The van der Waals surface area contributed by atoms with E-state index in [0.29, 0.717) is 45.9 Å². The smallest absolute Gasteiger partial charge is 0.339 e. The van der Waals surface area contributed by atoms with Crippen molar-refractivity contribution in [2.75, 3.05) is 35.0 Å². The number of fused-ring (bicyclic) bond motifs is 1. The molecule has 33 heavy (non-hydrogen) atoms. The minimum Gasteiger partial charge on any atom is -0.493 e. The van der Waals surface area contributed by atoms with Crippen LogP contribution in [0.4, 0.5) is 0 Å². The van der Waals surface area contributed by atoms with E-state index in [-0.39, 0.29) is 11.1 Å². The first-order chi connectivity index (χ1) is 16.0. The van der Waals surface area contributed by atoms with Crippen LogP contribution >= 0.6 is 0 Å². The summed E-state index contributed by atoms with van der Waals surface area (Å²) in [5.74, 6) is 0.0280. The second-order valence-electron chi connectivity index (χ2n) is 7.17. The maximum absolute atomic E-state index is 12.9. The fraction of sp³-hybridized carbons (Fsp3) is 0.320. The molecule has 0 aliphatic carbocycles. The molecule has 174 valence electrons. The maximum atomic E-state index is 12.9. The number of methoxy groups -OCH3 is 4. The third-order valence-electron chi connectivity index (χ3n) is 5.21. The van der Waals surface area contributed by atoms with Gasteiger partial charge in [0, 0.05) is 17.8 Å². The fourth-order valence-electron chi connectivity index (χ4n) is 3.58. The van der Waals surface area contributed by atoms with E-state index in [2.05, 4.69) is 11.9 Å². The Morgan fingerprint density at radius 2 is 1.61 bits per heavy atom. The largest absolute Gasteiger partial charge is 0.493 e. The van der Waals surface area contributed by atoms with Gasteiger partial charge in [-0.3, -0.25) is 0 Å². The average Bonchev–Trinajstić information content (AvgIpc) is 2.85. The number of hydrogen-bond acceptors (Lipinski definition) is 8. The Hall–Kier alpha value is -3.81. The fourth-order valence-corrected chi connectivity index (χ4v) is 3.58. The van der Waals surface area contributed by atoms with E-state index < -0.39 is 11.9 Å². The van der Waals surface area contributed by atoms with Crippen LogP contribution in [0, 0.1) is 0 Å². The number of benzene rings is 2. The molecular formula is C25H27NO7. The summed E-state index contributed by atoms with van der Waals surface area (Å²) in [6.45, 7) is 2.59. The molecule has 0 fully saturated rings. The number of ether oxygens (including phenoxy) is 5. The zero-order valence-electron chi connectivity index (χ0n) is 19.4. The highest BCUT2D eigenvalue weighted by atomic mass is 16.5. The van der Waals surface area contributed by atoms with Gasteiger partial charge >= 0.3 is 11.9 Å². The quantitative estimate of drug-likeness (QED) is 0.341. The molecule has 8 nitrogen and oxygen atoms in total. The molecule has 0 aliphatic rings. The molecular weight excluding hydrogens is 426 g/mol. The minimum absolute atomic E-state index is 0.0735. The Labute approximate surface area is 192 Å². The lowest BCUT2D eigenvalue weighted by molar-refractivity contribution is 0.0556. The number of carbonyl (C=O) groups excluding carboxylic acids is 2. The van der Waals surface area contributed by atoms with Gasteiger partial charge in [0.2, 0.25) is 5.88 Å². The van der Waals surface area contributed by atoms with Crippen LogP contribution in [0.1, 0.15) is 40.5 Å². The van der Waals surface area contributed by atoms with Gasteiger partial charge in [-0.05, 0) is 47.0 Å². The van der Waals surface area contributed by atoms with Crippen molar-refractivity contribution in [2.24, 2.45) is 0 Å². The number of carbonyl (C=O) groups is 2. The van der Waals surface area contributed by atoms with Gasteiger partial charge in [0.05, 0.1) is 46.2 Å². The summed E-state index contributed by atoms with van der Waals surface area (Å²) in [6.07, 6.45) is 3.46. The van der Waals surface area contributed by atoms with E-state index in [1.54, 1.807) is 36.5 Å². The summed E-state index contributed by atoms with van der Waals surface area (Å²) in [6, 6.07) is 8.55. The average molecular weight is 453 g/mol. The summed E-state index contributed by atoms with van der Waals surface area (Å²) in [5.41, 5.74) is 1.25. The van der Waals surface area contributed by atoms with Crippen molar-refractivity contribution < 1.29 is 33.3 Å². The monoisotopic (exact) mass is 453 g/mol. The Morgan fingerprint density at radius 1 is 0.909 bits per heavy atom. The van der Waals surface area contributed by atoms with Gasteiger partial charge in [-0.1, -0.05) is 13.3 Å². The van der Waals surface area contributed by atoms with Gasteiger partial charge in [0.1, 0.15) is 0 Å². The molecule has 3 aromatic rings. The number of hydrogen-bond donors (Lipinski definition) is 0. The number of nitrogens with zero attached hydrogens (tertiary/aromatic N) is 1. The predicted octanol–water partition coefficient (Wildman–Crippen LogP) is 4.67. The van der Waals surface area contributed by atoms with Gasteiger partial charge in [-0.15, -0.1) is 0 Å². The summed E-state index contributed by atoms with van der Waals surface area (Å²) < 4.78 is 26.7. The maximum Gasteiger partial charge on any atom is 0.339 e. The summed E-state index contributed by atoms with van der Waals surface area (Å²) in [5, 5.41) is 1.31. The molecule has 0 spiro atoms. The van der Waals surface area contributed by atoms with Crippen LogP contribution in [-0.2, 0) is 9.47 Å². The molecule has 0 amide bonds. The molecule has 0 saturated carbocycles. The number of rotatable bonds is 9. The van der Waals surface area contributed by atoms with E-state index >= 15 is 0 Å². The third-order valence-corrected chi connectivity index (χ3v) is 5.21. The molecule has 0 unspecified atom stereocenters. The molecule has 1 aromatic heterocycles. The lowest BCUT2D eigenvalue weighted by atomic mass is 9.89. The van der Waals surface area contributed by atoms with Crippen LogP contribution in [0.15, 0.2) is 36.5 Å². The summed E-state index contributed by atoms with van der Waals surface area (Å²) >= 11 is 0. The highest BCUT2D eigenvalue weighted by molar-refractivity contribution is 6.16. The van der Waals surface area contributed by atoms with Crippen LogP contribution in [-0.4, -0.2) is 52.0 Å². The molecule has 0 aliphatic heterocycles. The van der Waals surface area contributed by atoms with Gasteiger partial charge in [0.15, 0.2) is 11.5 Å². The Morgan fingerprint density at radius 3 is 2.24 bits per heavy atom. The van der Waals surface area contributed by atoms with Crippen molar-refractivity contribution in [1.82, 2.24) is 4.98 Å². The molecule has 0 N–H and O–H groups in total. The van der Waals surface area contributed by atoms with Crippen LogP contribution in [0.25, 0.3) is 21.9 Å². The topological polar surface area (TPSA) is 93.2 Å². The SMILES string of the molecule is CCCCOc1cc(-c2c(C(=O)OC)c(C(=O)OC)cc3cc(OC)c(OC)cc23)ccn1. The molecule has 0 radical (unpaired) electrons. The van der Waals surface area contributed by atoms with Crippen LogP contribution in [0.2, 0.25) is 0 Å². The molecule has 0 atom stereocenters. The number of unbranched alkanes of at least 4 members (excludes halogenated alkanes) is 1. The van der Waals surface area contributed by atoms with Gasteiger partial charge in [-0.2, -0.15) is 0 Å². The Kier molecular flexibility index (Phi) is 7.71. The van der Waals surface area contributed by atoms with E-state index in [9.17, 15) is 9.59 Å². The zero-order valence-corrected chi connectivity index (χ0v) is 19.4. The van der Waals surface area contributed by atoms with Gasteiger partial charge in [-0.25, -0.2) is 14.6 Å². The Bertz CT molecular complexity index is 1170. The lowest BCUT2D eigenvalue weighted by Crippen LogP contribution is -2.14. The third kappa shape index (κ3) is 4.84. The standard InChI is InChI=1S/C25H27NO7/c1-6-7-10-33-21-13-15(8-9-26-21)22-17-14-20(30-3)19(29-2)12-16(17)11-18(24(27)31-4)23(22)25(28)32-5/h8-9,11-14H,6-7,10H2,1-5H3. The second kappa shape index (κ2) is 10.7. The van der Waals surface area contributed by atoms with E-state index in [1.807, 2.05) is 0 Å². The molecule has 0 bridgehead atoms. The van der Waals surface area contributed by atoms with Crippen molar-refractivity contribution in [1.29, 1.82) is 0 Å². The zero-order chi connectivity index (χ0) is 24.0. The Balaban J connectivity index is 2.40. The highest BCUT2D eigenvalue weighted by Crippen LogP contribution is 2.41. The number of esters is 2. The predicted molar refractivity (Wildman–Crippen MR) is 123 cm³/mol. The first kappa shape index (κ1) is 23.8. The molecule has 1 heterocycles. The van der Waals surface area contributed by atoms with Crippen LogP contribution < -0.4 is 14.2 Å². The van der Waals surface area contributed by atoms with Crippen LogP contribution in [0.5, 0.6) is 17.4 Å². The summed E-state index contributed by atoms with van der Waals surface area (Å²) in [7, 11) is 5.57. The minimum atomic E-state index is -0.674. The molecule has 0 saturated heterocycles. The van der Waals surface area contributed by atoms with E-state index in [0.717, 1.165) is 12.8 Å². The number of pyridine rings is 1. The lowest BCUT2D eigenvalue weighted by Gasteiger charge is -2.18. The van der Waals surface area contributed by atoms with Crippen molar-refractivity contribution in [3.8, 4) is 28.5 Å². The van der Waals surface area contributed by atoms with Crippen molar-refractivity contribution >= 4 is 22.7 Å². The normalized spacial score (nSPS) is 10.6.